The van der Waals surface area contributed by atoms with Gasteiger partial charge in [-0.25, -0.2) is 9.36 Å². The molecule has 2 aliphatic heterocycles. The summed E-state index contributed by atoms with van der Waals surface area (Å²) in [6.07, 6.45) is -4.18. The Hall–Kier alpha value is -1.92. The van der Waals surface area contributed by atoms with Crippen molar-refractivity contribution >= 4 is 19.6 Å². The van der Waals surface area contributed by atoms with Gasteiger partial charge in [0.15, 0.2) is 6.10 Å². The summed E-state index contributed by atoms with van der Waals surface area (Å²) in [6, 6.07) is 1.17. The van der Waals surface area contributed by atoms with Crippen molar-refractivity contribution in [2.75, 3.05) is 25.6 Å². The quantitative estimate of drug-likeness (QED) is 0.477. The molecule has 5 atom stereocenters. The Kier molecular flexibility index (Phi) is 6.58. The highest BCUT2D eigenvalue weighted by Gasteiger charge is 2.65. The van der Waals surface area contributed by atoms with Crippen molar-refractivity contribution in [3.63, 3.8) is 0 Å². The number of nitrogens with zero attached hydrogens (tertiary/aromatic N) is 2. The van der Waals surface area contributed by atoms with E-state index in [-0.39, 0.29) is 25.5 Å². The molecule has 0 spiro atoms. The first-order valence-electron chi connectivity index (χ1n) is 9.19. The fraction of sp³-hybridized carbons (Fsp3) is 0.688. The summed E-state index contributed by atoms with van der Waals surface area (Å²) in [5.74, 6) is -4.90. The second-order valence-corrected chi connectivity index (χ2v) is 8.41. The minimum atomic E-state index is -4.34. The van der Waals surface area contributed by atoms with Crippen LogP contribution in [0, 0.1) is 5.92 Å². The number of hydrogen-bond acceptors (Lipinski definition) is 10. The Bertz CT molecular complexity index is 897. The minimum Gasteiger partial charge on any atom is -0.466 e. The molecule has 2 N–H and O–H groups in total. The van der Waals surface area contributed by atoms with Gasteiger partial charge in [0.25, 0.3) is 0 Å². The topological polar surface area (TPSA) is 141 Å². The summed E-state index contributed by atoms with van der Waals surface area (Å²) >= 11 is 0. The summed E-state index contributed by atoms with van der Waals surface area (Å²) in [4.78, 5) is 26.9. The lowest BCUT2D eigenvalue weighted by Crippen LogP contribution is -2.45. The number of aromatic nitrogens is 2. The van der Waals surface area contributed by atoms with Crippen molar-refractivity contribution in [2.45, 2.75) is 44.6 Å². The number of rotatable bonds is 7. The summed E-state index contributed by atoms with van der Waals surface area (Å²) < 4.78 is 68.2. The molecule has 30 heavy (non-hydrogen) atoms. The van der Waals surface area contributed by atoms with Gasteiger partial charge < -0.3 is 15.2 Å². The van der Waals surface area contributed by atoms with E-state index in [1.54, 1.807) is 13.8 Å². The summed E-state index contributed by atoms with van der Waals surface area (Å²) in [5, 5.41) is 0. The van der Waals surface area contributed by atoms with Crippen LogP contribution in [0.1, 0.15) is 26.5 Å². The normalized spacial score (nSPS) is 31.1. The van der Waals surface area contributed by atoms with E-state index in [4.69, 9.17) is 28.8 Å². The van der Waals surface area contributed by atoms with Crippen molar-refractivity contribution in [3.05, 3.63) is 22.7 Å². The molecule has 1 aromatic rings. The number of hydrogen-bond donors (Lipinski definition) is 1. The number of carbonyl (C=O) groups excluding carboxylic acids is 1. The monoisotopic (exact) mass is 453 g/mol. The third-order valence-corrected chi connectivity index (χ3v) is 6.03. The van der Waals surface area contributed by atoms with Crippen LogP contribution in [0.2, 0.25) is 0 Å². The van der Waals surface area contributed by atoms with E-state index >= 15 is 0 Å². The zero-order chi connectivity index (χ0) is 22.1. The maximum atomic E-state index is 14.9. The number of phosphoric acid groups is 1. The second kappa shape index (κ2) is 8.67. The molecule has 0 unspecified atom stereocenters. The van der Waals surface area contributed by atoms with Crippen LogP contribution in [0.4, 0.5) is 14.6 Å². The molecule has 2 saturated heterocycles. The lowest BCUT2D eigenvalue weighted by Gasteiger charge is -2.31. The highest BCUT2D eigenvalue weighted by Crippen LogP contribution is 2.59. The summed E-state index contributed by atoms with van der Waals surface area (Å²) in [6.45, 7) is 2.70. The molecule has 168 valence electrons. The van der Waals surface area contributed by atoms with E-state index in [0.717, 1.165) is 6.20 Å². The largest absolute Gasteiger partial charge is 0.475 e. The van der Waals surface area contributed by atoms with Gasteiger partial charge in [0, 0.05) is 6.20 Å². The van der Waals surface area contributed by atoms with Crippen LogP contribution >= 0.6 is 7.82 Å². The van der Waals surface area contributed by atoms with Crippen LogP contribution in [-0.2, 0) is 32.4 Å². The van der Waals surface area contributed by atoms with Crippen molar-refractivity contribution < 1.29 is 41.2 Å². The number of ether oxygens (including phenoxy) is 2. The van der Waals surface area contributed by atoms with Crippen molar-refractivity contribution in [3.8, 4) is 0 Å². The molecule has 0 aliphatic carbocycles. The Balaban J connectivity index is 1.66. The zero-order valence-corrected chi connectivity index (χ0v) is 17.1. The molecule has 0 saturated carbocycles. The van der Waals surface area contributed by atoms with Crippen molar-refractivity contribution in [1.29, 1.82) is 0 Å². The molecule has 0 bridgehead atoms. The van der Waals surface area contributed by atoms with Gasteiger partial charge in [-0.15, -0.1) is 0 Å². The summed E-state index contributed by atoms with van der Waals surface area (Å²) in [5.41, 5.74) is 4.33. The molecule has 2 aliphatic rings. The number of nitrogen functional groups attached to an aromatic ring is 1. The lowest BCUT2D eigenvalue weighted by atomic mass is 10.1. The number of halogens is 2. The standard InChI is InChI=1S/C16H22F2N3O8P/c1-3-25-13(22)9(2)5-7-26-30(24)27-8-10-12(29-30)16(17,18)14(28-10)21-6-4-11(19)20-15(21)23/h4,6,9-10,12,14H,3,5,7-8H2,1-2H3,(H2,19,20,23)/t9-,10-,12-,14-,30+/m1/s1. The van der Waals surface area contributed by atoms with Gasteiger partial charge in [-0.1, -0.05) is 6.92 Å². The second-order valence-electron chi connectivity index (χ2n) is 6.79. The third-order valence-electron chi connectivity index (χ3n) is 4.58. The van der Waals surface area contributed by atoms with Gasteiger partial charge in [-0.05, 0) is 19.4 Å². The first kappa shape index (κ1) is 22.8. The maximum absolute atomic E-state index is 14.9. The number of carbonyl (C=O) groups is 1. The van der Waals surface area contributed by atoms with Crippen LogP contribution in [0.15, 0.2) is 17.1 Å². The van der Waals surface area contributed by atoms with Gasteiger partial charge in [0.1, 0.15) is 11.9 Å². The van der Waals surface area contributed by atoms with E-state index in [0.29, 0.717) is 4.57 Å². The number of fused-ring (bicyclic) bond motifs is 1. The van der Waals surface area contributed by atoms with Gasteiger partial charge in [-0.2, -0.15) is 13.8 Å². The highest BCUT2D eigenvalue weighted by molar-refractivity contribution is 7.48. The first-order valence-corrected chi connectivity index (χ1v) is 10.7. The molecule has 1 aromatic heterocycles. The van der Waals surface area contributed by atoms with Crippen LogP contribution in [0.25, 0.3) is 0 Å². The van der Waals surface area contributed by atoms with Crippen molar-refractivity contribution in [1.82, 2.24) is 9.55 Å². The molecule has 14 heteroatoms. The van der Waals surface area contributed by atoms with E-state index in [1.165, 1.54) is 6.07 Å². The molecule has 11 nitrogen and oxygen atoms in total. The third kappa shape index (κ3) is 4.54. The Morgan fingerprint density at radius 3 is 2.93 bits per heavy atom. The van der Waals surface area contributed by atoms with Crippen LogP contribution in [0.5, 0.6) is 0 Å². The molecule has 0 radical (unpaired) electrons. The number of phosphoric ester groups is 1. The smallest absolute Gasteiger partial charge is 0.466 e. The molecule has 2 fully saturated rings. The van der Waals surface area contributed by atoms with Crippen LogP contribution in [0.3, 0.4) is 0 Å². The van der Waals surface area contributed by atoms with Gasteiger partial charge in [0.05, 0.1) is 25.7 Å². The van der Waals surface area contributed by atoms with Gasteiger partial charge in [-0.3, -0.25) is 22.9 Å². The van der Waals surface area contributed by atoms with Crippen molar-refractivity contribution in [2.24, 2.45) is 5.92 Å². The molecular weight excluding hydrogens is 431 g/mol. The van der Waals surface area contributed by atoms with E-state index in [2.05, 4.69) is 4.98 Å². The van der Waals surface area contributed by atoms with E-state index < -0.39 is 56.4 Å². The van der Waals surface area contributed by atoms with E-state index in [1.807, 2.05) is 0 Å². The number of alkyl halides is 2. The zero-order valence-electron chi connectivity index (χ0n) is 16.2. The number of anilines is 1. The van der Waals surface area contributed by atoms with Crippen LogP contribution in [-0.4, -0.2) is 53.5 Å². The fourth-order valence-electron chi connectivity index (χ4n) is 2.98. The SMILES string of the molecule is CCOC(=O)[C@H](C)CCO[P@@]1(=O)OC[C@H]2O[C@@H](n3ccc(N)nc3=O)C(F)(F)[C@@H]2O1. The van der Waals surface area contributed by atoms with Gasteiger partial charge in [0.2, 0.25) is 6.23 Å². The predicted molar refractivity (Wildman–Crippen MR) is 96.6 cm³/mol. The Morgan fingerprint density at radius 2 is 2.27 bits per heavy atom. The predicted octanol–water partition coefficient (Wildman–Crippen LogP) is 1.49. The van der Waals surface area contributed by atoms with Gasteiger partial charge >= 0.3 is 25.4 Å². The molecule has 0 aromatic carbocycles. The minimum absolute atomic E-state index is 0.117. The molecular formula is C16H22F2N3O8P. The Morgan fingerprint density at radius 1 is 1.53 bits per heavy atom. The highest BCUT2D eigenvalue weighted by atomic mass is 31.2. The number of esters is 1. The summed E-state index contributed by atoms with van der Waals surface area (Å²) in [7, 11) is -4.34. The van der Waals surface area contributed by atoms with Crippen LogP contribution < -0.4 is 11.4 Å². The average molecular weight is 453 g/mol. The lowest BCUT2D eigenvalue weighted by molar-refractivity contribution is -0.148. The first-order chi connectivity index (χ1) is 14.1. The molecule has 0 amide bonds. The average Bonchev–Trinajstić information content (AvgIpc) is 2.92. The molecule has 3 rings (SSSR count). The van der Waals surface area contributed by atoms with E-state index in [9.17, 15) is 22.9 Å². The molecule has 3 heterocycles. The Labute approximate surface area is 170 Å². The fourth-order valence-corrected chi connectivity index (χ4v) is 4.39. The number of nitrogens with two attached hydrogens (primary N) is 1. The maximum Gasteiger partial charge on any atom is 0.475 e.